The van der Waals surface area contributed by atoms with Crippen molar-refractivity contribution in [2.45, 2.75) is 57.1 Å². The van der Waals surface area contributed by atoms with Crippen LogP contribution in [0.15, 0.2) is 22.7 Å². The summed E-state index contributed by atoms with van der Waals surface area (Å²) in [5, 5.41) is 3.49. The van der Waals surface area contributed by atoms with E-state index in [4.69, 9.17) is 4.74 Å². The molecule has 0 bridgehead atoms. The van der Waals surface area contributed by atoms with E-state index < -0.39 is 0 Å². The molecule has 1 aromatic carbocycles. The first-order valence-corrected chi connectivity index (χ1v) is 8.57. The first-order valence-electron chi connectivity index (χ1n) is 7.78. The number of fused-ring (bicyclic) bond motifs is 1. The van der Waals surface area contributed by atoms with Gasteiger partial charge in [0.25, 0.3) is 0 Å². The van der Waals surface area contributed by atoms with Crippen molar-refractivity contribution in [3.05, 3.63) is 28.2 Å². The fraction of sp³-hybridized carbons (Fsp3) is 0.647. The van der Waals surface area contributed by atoms with Crippen molar-refractivity contribution in [2.75, 3.05) is 7.05 Å². The van der Waals surface area contributed by atoms with Gasteiger partial charge in [0.15, 0.2) is 0 Å². The van der Waals surface area contributed by atoms with Crippen molar-refractivity contribution in [1.82, 2.24) is 5.32 Å². The minimum Gasteiger partial charge on any atom is -0.487 e. The maximum Gasteiger partial charge on any atom is 0.125 e. The standard InChI is InChI=1S/C17H24BrNO/c1-12-4-3-8-17(9-7-12)11-15(19-2)14-10-13(18)5-6-16(14)20-17/h5-6,10,12,15,19H,3-4,7-9,11H2,1-2H3. The average molecular weight is 338 g/mol. The largest absolute Gasteiger partial charge is 0.487 e. The lowest BCUT2D eigenvalue weighted by molar-refractivity contribution is 0.0163. The third-order valence-corrected chi connectivity index (χ3v) is 5.51. The summed E-state index contributed by atoms with van der Waals surface area (Å²) in [7, 11) is 2.06. The minimum absolute atomic E-state index is 0.0548. The van der Waals surface area contributed by atoms with E-state index in [0.29, 0.717) is 6.04 Å². The zero-order valence-electron chi connectivity index (χ0n) is 12.4. The molecule has 1 fully saturated rings. The van der Waals surface area contributed by atoms with Crippen LogP contribution < -0.4 is 10.1 Å². The lowest BCUT2D eigenvalue weighted by Crippen LogP contribution is -2.43. The molecule has 0 aromatic heterocycles. The topological polar surface area (TPSA) is 21.3 Å². The third kappa shape index (κ3) is 2.75. The zero-order valence-corrected chi connectivity index (χ0v) is 14.0. The smallest absolute Gasteiger partial charge is 0.125 e. The fourth-order valence-electron chi connectivity index (χ4n) is 3.76. The van der Waals surface area contributed by atoms with E-state index in [1.54, 1.807) is 0 Å². The molecule has 0 radical (unpaired) electrons. The van der Waals surface area contributed by atoms with Crippen LogP contribution in [0.5, 0.6) is 5.75 Å². The van der Waals surface area contributed by atoms with E-state index in [0.717, 1.165) is 22.6 Å². The van der Waals surface area contributed by atoms with Crippen LogP contribution in [0.4, 0.5) is 0 Å². The summed E-state index contributed by atoms with van der Waals surface area (Å²) in [6.07, 6.45) is 7.43. The van der Waals surface area contributed by atoms with Crippen LogP contribution in [-0.4, -0.2) is 12.6 Å². The maximum atomic E-state index is 6.51. The number of halogens is 1. The fourth-order valence-corrected chi connectivity index (χ4v) is 4.14. The van der Waals surface area contributed by atoms with Gasteiger partial charge in [0, 0.05) is 22.5 Å². The molecule has 1 saturated carbocycles. The van der Waals surface area contributed by atoms with Crippen molar-refractivity contribution in [3.63, 3.8) is 0 Å². The molecule has 1 aliphatic carbocycles. The Morgan fingerprint density at radius 1 is 1.30 bits per heavy atom. The van der Waals surface area contributed by atoms with E-state index in [1.165, 1.54) is 37.7 Å². The van der Waals surface area contributed by atoms with Crippen LogP contribution >= 0.6 is 15.9 Å². The van der Waals surface area contributed by atoms with Gasteiger partial charge in [-0.05, 0) is 56.8 Å². The van der Waals surface area contributed by atoms with Crippen molar-refractivity contribution in [2.24, 2.45) is 5.92 Å². The van der Waals surface area contributed by atoms with E-state index in [2.05, 4.69) is 53.4 Å². The summed E-state index contributed by atoms with van der Waals surface area (Å²) < 4.78 is 7.65. The Balaban J connectivity index is 1.92. The first-order chi connectivity index (χ1) is 9.62. The van der Waals surface area contributed by atoms with Crippen molar-refractivity contribution < 1.29 is 4.74 Å². The highest BCUT2D eigenvalue weighted by molar-refractivity contribution is 9.10. The molecule has 1 aromatic rings. The van der Waals surface area contributed by atoms with Crippen LogP contribution in [0.3, 0.4) is 0 Å². The van der Waals surface area contributed by atoms with Gasteiger partial charge in [-0.1, -0.05) is 29.3 Å². The highest BCUT2D eigenvalue weighted by Crippen LogP contribution is 2.46. The number of hydrogen-bond acceptors (Lipinski definition) is 2. The summed E-state index contributed by atoms with van der Waals surface area (Å²) in [6, 6.07) is 6.82. The minimum atomic E-state index is 0.0548. The molecule has 2 aliphatic rings. The van der Waals surface area contributed by atoms with Crippen molar-refractivity contribution >= 4 is 15.9 Å². The predicted octanol–water partition coefficient (Wildman–Crippen LogP) is 4.83. The number of nitrogens with one attached hydrogen (secondary N) is 1. The third-order valence-electron chi connectivity index (χ3n) is 5.02. The molecule has 1 spiro atoms. The second-order valence-electron chi connectivity index (χ2n) is 6.55. The predicted molar refractivity (Wildman–Crippen MR) is 86.2 cm³/mol. The maximum absolute atomic E-state index is 6.51. The van der Waals surface area contributed by atoms with Crippen LogP contribution in [0, 0.1) is 5.92 Å². The summed E-state index contributed by atoms with van der Waals surface area (Å²) in [4.78, 5) is 0. The average Bonchev–Trinajstić information content (AvgIpc) is 2.61. The number of benzene rings is 1. The Bertz CT molecular complexity index is 490. The highest BCUT2D eigenvalue weighted by atomic mass is 79.9. The number of rotatable bonds is 1. The van der Waals surface area contributed by atoms with Crippen molar-refractivity contribution in [1.29, 1.82) is 0 Å². The normalized spacial score (nSPS) is 33.4. The quantitative estimate of drug-likeness (QED) is 0.792. The van der Waals surface area contributed by atoms with E-state index in [9.17, 15) is 0 Å². The molecular formula is C17H24BrNO. The molecule has 20 heavy (non-hydrogen) atoms. The number of hydrogen-bond donors (Lipinski definition) is 1. The SMILES string of the molecule is CNC1CC2(CCCC(C)CC2)Oc2ccc(Br)cc21. The Hall–Kier alpha value is -0.540. The van der Waals surface area contributed by atoms with Gasteiger partial charge in [-0.2, -0.15) is 0 Å². The lowest BCUT2D eigenvalue weighted by atomic mass is 9.82. The van der Waals surface area contributed by atoms with Gasteiger partial charge in [-0.15, -0.1) is 0 Å². The highest BCUT2D eigenvalue weighted by Gasteiger charge is 2.41. The summed E-state index contributed by atoms with van der Waals surface area (Å²) in [5.74, 6) is 1.92. The molecule has 3 heteroatoms. The van der Waals surface area contributed by atoms with Gasteiger partial charge in [-0.25, -0.2) is 0 Å². The van der Waals surface area contributed by atoms with Gasteiger partial charge in [0.05, 0.1) is 0 Å². The van der Waals surface area contributed by atoms with Gasteiger partial charge < -0.3 is 10.1 Å². The molecule has 1 aliphatic heterocycles. The molecule has 2 nitrogen and oxygen atoms in total. The van der Waals surface area contributed by atoms with E-state index in [1.807, 2.05) is 0 Å². The molecule has 3 atom stereocenters. The molecular weight excluding hydrogens is 314 g/mol. The van der Waals surface area contributed by atoms with E-state index >= 15 is 0 Å². The molecule has 110 valence electrons. The summed E-state index contributed by atoms with van der Waals surface area (Å²) in [6.45, 7) is 2.38. The molecule has 3 unspecified atom stereocenters. The Morgan fingerprint density at radius 2 is 2.15 bits per heavy atom. The second kappa shape index (κ2) is 5.69. The van der Waals surface area contributed by atoms with E-state index in [-0.39, 0.29) is 5.60 Å². The molecule has 1 heterocycles. The van der Waals surface area contributed by atoms with Gasteiger partial charge in [0.1, 0.15) is 11.4 Å². The number of ether oxygens (including phenoxy) is 1. The first kappa shape index (κ1) is 14.4. The van der Waals surface area contributed by atoms with Gasteiger partial charge in [-0.3, -0.25) is 0 Å². The molecule has 0 saturated heterocycles. The second-order valence-corrected chi connectivity index (χ2v) is 7.46. The van der Waals surface area contributed by atoms with Crippen LogP contribution in [0.25, 0.3) is 0 Å². The molecule has 1 N–H and O–H groups in total. The van der Waals surface area contributed by atoms with Crippen molar-refractivity contribution in [3.8, 4) is 5.75 Å². The Morgan fingerprint density at radius 3 is 2.95 bits per heavy atom. The molecule has 0 amide bonds. The van der Waals surface area contributed by atoms with Crippen LogP contribution in [0.2, 0.25) is 0 Å². The van der Waals surface area contributed by atoms with Gasteiger partial charge in [0.2, 0.25) is 0 Å². The van der Waals surface area contributed by atoms with Gasteiger partial charge >= 0.3 is 0 Å². The summed E-state index contributed by atoms with van der Waals surface area (Å²) in [5.41, 5.74) is 1.35. The van der Waals surface area contributed by atoms with Crippen LogP contribution in [0.1, 0.15) is 57.1 Å². The monoisotopic (exact) mass is 337 g/mol. The summed E-state index contributed by atoms with van der Waals surface area (Å²) >= 11 is 3.57. The molecule has 3 rings (SSSR count). The lowest BCUT2D eigenvalue weighted by Gasteiger charge is -2.42. The Labute approximate surface area is 130 Å². The zero-order chi connectivity index (χ0) is 14.2. The Kier molecular flexibility index (Phi) is 4.09. The van der Waals surface area contributed by atoms with Crippen LogP contribution in [-0.2, 0) is 0 Å².